The molecule has 104 valence electrons. The molecule has 0 saturated carbocycles. The summed E-state index contributed by atoms with van der Waals surface area (Å²) in [5.41, 5.74) is 1.78. The summed E-state index contributed by atoms with van der Waals surface area (Å²) in [6, 6.07) is 8.14. The molecule has 0 unspecified atom stereocenters. The van der Waals surface area contributed by atoms with E-state index in [1.54, 1.807) is 37.3 Å². The first-order valence-corrected chi connectivity index (χ1v) is 6.04. The molecule has 6 nitrogen and oxygen atoms in total. The molecule has 0 fully saturated rings. The van der Waals surface area contributed by atoms with Gasteiger partial charge in [-0.1, -0.05) is 0 Å². The first-order valence-electron chi connectivity index (χ1n) is 6.04. The van der Waals surface area contributed by atoms with Crippen molar-refractivity contribution >= 4 is 23.3 Å². The van der Waals surface area contributed by atoms with E-state index < -0.39 is 0 Å². The zero-order chi connectivity index (χ0) is 14.5. The van der Waals surface area contributed by atoms with Gasteiger partial charge in [0, 0.05) is 18.4 Å². The molecule has 0 saturated heterocycles. The monoisotopic (exact) mass is 273 g/mol. The van der Waals surface area contributed by atoms with E-state index >= 15 is 0 Å². The van der Waals surface area contributed by atoms with Crippen LogP contribution in [0.25, 0.3) is 0 Å². The number of hydrogen-bond donors (Lipinski definition) is 3. The summed E-state index contributed by atoms with van der Waals surface area (Å²) in [5.74, 6) is 0.337. The molecule has 1 heterocycles. The SMILES string of the molecule is CNC(=O)Nc1ccc(NC(=O)c2ccoc2C)cc1. The van der Waals surface area contributed by atoms with Gasteiger partial charge in [0.05, 0.1) is 11.8 Å². The van der Waals surface area contributed by atoms with Crippen molar-refractivity contribution in [1.29, 1.82) is 0 Å². The molecule has 2 aromatic rings. The van der Waals surface area contributed by atoms with Gasteiger partial charge in [0.1, 0.15) is 5.76 Å². The van der Waals surface area contributed by atoms with Crippen molar-refractivity contribution in [3.63, 3.8) is 0 Å². The highest BCUT2D eigenvalue weighted by atomic mass is 16.3. The number of anilines is 2. The van der Waals surface area contributed by atoms with E-state index in [0.717, 1.165) is 0 Å². The number of carbonyl (C=O) groups is 2. The van der Waals surface area contributed by atoms with Crippen molar-refractivity contribution < 1.29 is 14.0 Å². The van der Waals surface area contributed by atoms with Crippen LogP contribution in [0.4, 0.5) is 16.2 Å². The highest BCUT2D eigenvalue weighted by Crippen LogP contribution is 2.16. The average molecular weight is 273 g/mol. The lowest BCUT2D eigenvalue weighted by Gasteiger charge is -2.07. The van der Waals surface area contributed by atoms with Gasteiger partial charge in [0.2, 0.25) is 0 Å². The van der Waals surface area contributed by atoms with E-state index in [4.69, 9.17) is 4.42 Å². The van der Waals surface area contributed by atoms with Crippen molar-refractivity contribution in [2.45, 2.75) is 6.92 Å². The Hall–Kier alpha value is -2.76. The van der Waals surface area contributed by atoms with E-state index in [0.29, 0.717) is 22.7 Å². The Labute approximate surface area is 116 Å². The van der Waals surface area contributed by atoms with Gasteiger partial charge in [-0.2, -0.15) is 0 Å². The number of aryl methyl sites for hydroxylation is 1. The number of nitrogens with one attached hydrogen (secondary N) is 3. The van der Waals surface area contributed by atoms with Gasteiger partial charge in [-0.3, -0.25) is 4.79 Å². The summed E-state index contributed by atoms with van der Waals surface area (Å²) in [4.78, 5) is 23.1. The minimum absolute atomic E-state index is 0.233. The lowest BCUT2D eigenvalue weighted by atomic mass is 10.2. The van der Waals surface area contributed by atoms with Crippen LogP contribution in [-0.4, -0.2) is 19.0 Å². The zero-order valence-electron chi connectivity index (χ0n) is 11.2. The van der Waals surface area contributed by atoms with Gasteiger partial charge in [-0.05, 0) is 37.3 Å². The zero-order valence-corrected chi connectivity index (χ0v) is 11.2. The van der Waals surface area contributed by atoms with E-state index in [2.05, 4.69) is 16.0 Å². The molecule has 20 heavy (non-hydrogen) atoms. The molecule has 0 aliphatic heterocycles. The summed E-state index contributed by atoms with van der Waals surface area (Å²) >= 11 is 0. The number of furan rings is 1. The van der Waals surface area contributed by atoms with Gasteiger partial charge in [-0.15, -0.1) is 0 Å². The molecule has 3 amide bonds. The van der Waals surface area contributed by atoms with Crippen LogP contribution in [0, 0.1) is 6.92 Å². The number of urea groups is 1. The maximum absolute atomic E-state index is 12.0. The Morgan fingerprint density at radius 1 is 1.00 bits per heavy atom. The van der Waals surface area contributed by atoms with Gasteiger partial charge in [-0.25, -0.2) is 4.79 Å². The summed E-state index contributed by atoms with van der Waals surface area (Å²) in [7, 11) is 1.54. The highest BCUT2D eigenvalue weighted by Gasteiger charge is 2.11. The Morgan fingerprint density at radius 2 is 1.60 bits per heavy atom. The fourth-order valence-electron chi connectivity index (χ4n) is 1.65. The number of rotatable bonds is 3. The predicted molar refractivity (Wildman–Crippen MR) is 75.9 cm³/mol. The molecular formula is C14H15N3O3. The quantitative estimate of drug-likeness (QED) is 0.803. The van der Waals surface area contributed by atoms with Crippen LogP contribution in [0.1, 0.15) is 16.1 Å². The third kappa shape index (κ3) is 3.17. The van der Waals surface area contributed by atoms with E-state index in [1.807, 2.05) is 0 Å². The standard InChI is InChI=1S/C14H15N3O3/c1-9-12(7-8-20-9)13(18)16-10-3-5-11(6-4-10)17-14(19)15-2/h3-8H,1-2H3,(H,16,18)(H2,15,17,19). The molecule has 1 aromatic carbocycles. The first kappa shape index (κ1) is 13.7. The maximum Gasteiger partial charge on any atom is 0.318 e. The molecule has 0 radical (unpaired) electrons. The van der Waals surface area contributed by atoms with E-state index in [1.165, 1.54) is 13.3 Å². The molecule has 0 aliphatic rings. The van der Waals surface area contributed by atoms with Gasteiger partial charge in [0.25, 0.3) is 5.91 Å². The normalized spacial score (nSPS) is 9.90. The molecule has 0 spiro atoms. The number of hydrogen-bond acceptors (Lipinski definition) is 3. The number of carbonyl (C=O) groups excluding carboxylic acids is 2. The van der Waals surface area contributed by atoms with E-state index in [-0.39, 0.29) is 11.9 Å². The highest BCUT2D eigenvalue weighted by molar-refractivity contribution is 6.05. The molecule has 2 rings (SSSR count). The van der Waals surface area contributed by atoms with Crippen LogP contribution in [0.3, 0.4) is 0 Å². The smallest absolute Gasteiger partial charge is 0.318 e. The second kappa shape index (κ2) is 5.92. The van der Waals surface area contributed by atoms with E-state index in [9.17, 15) is 9.59 Å². The lowest BCUT2D eigenvalue weighted by Crippen LogP contribution is -2.24. The van der Waals surface area contributed by atoms with Crippen molar-refractivity contribution in [2.75, 3.05) is 17.7 Å². The fraction of sp³-hybridized carbons (Fsp3) is 0.143. The molecule has 3 N–H and O–H groups in total. The number of amides is 3. The van der Waals surface area contributed by atoms with Crippen LogP contribution in [0.15, 0.2) is 41.0 Å². The molecule has 6 heteroatoms. The minimum atomic E-state index is -0.296. The van der Waals surface area contributed by atoms with Crippen LogP contribution < -0.4 is 16.0 Å². The Bertz CT molecular complexity index is 617. The van der Waals surface area contributed by atoms with Gasteiger partial charge < -0.3 is 20.4 Å². The van der Waals surface area contributed by atoms with Crippen molar-refractivity contribution in [2.24, 2.45) is 0 Å². The summed E-state index contributed by atoms with van der Waals surface area (Å²) < 4.78 is 5.08. The topological polar surface area (TPSA) is 83.4 Å². The molecule has 1 aromatic heterocycles. The average Bonchev–Trinajstić information content (AvgIpc) is 2.87. The van der Waals surface area contributed by atoms with Gasteiger partial charge >= 0.3 is 6.03 Å². The minimum Gasteiger partial charge on any atom is -0.469 e. The predicted octanol–water partition coefficient (Wildman–Crippen LogP) is 2.59. The van der Waals surface area contributed by atoms with Crippen LogP contribution in [-0.2, 0) is 0 Å². The first-order chi connectivity index (χ1) is 9.60. The number of benzene rings is 1. The Morgan fingerprint density at radius 3 is 2.10 bits per heavy atom. The summed E-state index contributed by atoms with van der Waals surface area (Å²) in [6.45, 7) is 1.73. The second-order valence-electron chi connectivity index (χ2n) is 4.13. The maximum atomic E-state index is 12.0. The largest absolute Gasteiger partial charge is 0.469 e. The van der Waals surface area contributed by atoms with Crippen LogP contribution >= 0.6 is 0 Å². The molecular weight excluding hydrogens is 258 g/mol. The Balaban J connectivity index is 2.02. The second-order valence-corrected chi connectivity index (χ2v) is 4.13. The van der Waals surface area contributed by atoms with Gasteiger partial charge in [0.15, 0.2) is 0 Å². The third-order valence-electron chi connectivity index (χ3n) is 2.73. The third-order valence-corrected chi connectivity index (χ3v) is 2.73. The molecule has 0 bridgehead atoms. The van der Waals surface area contributed by atoms with Crippen molar-refractivity contribution in [1.82, 2.24) is 5.32 Å². The summed E-state index contributed by atoms with van der Waals surface area (Å²) in [6.07, 6.45) is 1.47. The fourth-order valence-corrected chi connectivity index (χ4v) is 1.65. The van der Waals surface area contributed by atoms with Crippen molar-refractivity contribution in [3.8, 4) is 0 Å². The lowest BCUT2D eigenvalue weighted by molar-refractivity contribution is 0.102. The molecule has 0 aliphatic carbocycles. The van der Waals surface area contributed by atoms with Crippen LogP contribution in [0.5, 0.6) is 0 Å². The Kier molecular flexibility index (Phi) is 4.05. The summed E-state index contributed by atoms with van der Waals surface area (Å²) in [5, 5.41) is 7.84. The van der Waals surface area contributed by atoms with Crippen LogP contribution in [0.2, 0.25) is 0 Å². The van der Waals surface area contributed by atoms with Crippen molar-refractivity contribution in [3.05, 3.63) is 47.9 Å². The molecule has 0 atom stereocenters.